The predicted molar refractivity (Wildman–Crippen MR) is 94.0 cm³/mol. The second-order valence-electron chi connectivity index (χ2n) is 9.05. The number of carboxylic acids is 1. The average Bonchev–Trinajstić information content (AvgIpc) is 2.44. The summed E-state index contributed by atoms with van der Waals surface area (Å²) in [6.45, 7) is 10.8. The summed E-state index contributed by atoms with van der Waals surface area (Å²) in [6, 6.07) is 3.39. The molecule has 5 nitrogen and oxygen atoms in total. The van der Waals surface area contributed by atoms with E-state index in [1.807, 2.05) is 6.07 Å². The van der Waals surface area contributed by atoms with Gasteiger partial charge in [-0.05, 0) is 41.4 Å². The van der Waals surface area contributed by atoms with E-state index in [1.165, 1.54) is 17.3 Å². The molecule has 1 aromatic carbocycles. The van der Waals surface area contributed by atoms with Crippen LogP contribution < -0.4 is 15.6 Å². The number of rotatable bonds is 1. The standard InChI is InChI=1S/C20H23NO4/c1-19(2)7-12-5-11-6-13(17(22)23)18(24)25-16(11)14-8-20(3,4)10-21(9-19)15(12)14/h5-6H,7-10H2,1-4H3,(H,22,23)/p-1. The van der Waals surface area contributed by atoms with E-state index in [0.717, 1.165) is 31.5 Å². The van der Waals surface area contributed by atoms with Crippen molar-refractivity contribution in [2.75, 3.05) is 18.0 Å². The number of anilines is 1. The van der Waals surface area contributed by atoms with Crippen molar-refractivity contribution in [2.45, 2.75) is 40.5 Å². The van der Waals surface area contributed by atoms with Gasteiger partial charge in [0.1, 0.15) is 5.58 Å². The summed E-state index contributed by atoms with van der Waals surface area (Å²) < 4.78 is 5.47. The first-order valence-corrected chi connectivity index (χ1v) is 8.65. The molecule has 3 heterocycles. The molecule has 2 aliphatic rings. The highest BCUT2D eigenvalue weighted by Crippen LogP contribution is 2.47. The van der Waals surface area contributed by atoms with E-state index in [4.69, 9.17) is 4.42 Å². The van der Waals surface area contributed by atoms with E-state index >= 15 is 0 Å². The van der Waals surface area contributed by atoms with Gasteiger partial charge >= 0.3 is 5.63 Å². The number of carbonyl (C=O) groups excluding carboxylic acids is 1. The molecule has 25 heavy (non-hydrogen) atoms. The van der Waals surface area contributed by atoms with Crippen molar-refractivity contribution in [2.24, 2.45) is 10.8 Å². The van der Waals surface area contributed by atoms with Crippen LogP contribution in [0, 0.1) is 10.8 Å². The Bertz CT molecular complexity index is 966. The van der Waals surface area contributed by atoms with Gasteiger partial charge in [0.05, 0.1) is 11.5 Å². The van der Waals surface area contributed by atoms with Crippen LogP contribution in [0.15, 0.2) is 21.3 Å². The smallest absolute Gasteiger partial charge is 0.345 e. The zero-order valence-corrected chi connectivity index (χ0v) is 15.1. The minimum Gasteiger partial charge on any atom is -0.545 e. The van der Waals surface area contributed by atoms with Crippen LogP contribution in [0.1, 0.15) is 49.2 Å². The topological polar surface area (TPSA) is 73.6 Å². The van der Waals surface area contributed by atoms with Gasteiger partial charge in [-0.3, -0.25) is 0 Å². The molecule has 0 aliphatic carbocycles. The summed E-state index contributed by atoms with van der Waals surface area (Å²) >= 11 is 0. The Balaban J connectivity index is 2.07. The lowest BCUT2D eigenvalue weighted by Crippen LogP contribution is -2.48. The molecule has 0 radical (unpaired) electrons. The summed E-state index contributed by atoms with van der Waals surface area (Å²) in [5.41, 5.74) is 2.86. The van der Waals surface area contributed by atoms with Crippen LogP contribution in [0.3, 0.4) is 0 Å². The van der Waals surface area contributed by atoms with Crippen molar-refractivity contribution in [3.8, 4) is 0 Å². The molecule has 0 N–H and O–H groups in total. The zero-order chi connectivity index (χ0) is 18.1. The monoisotopic (exact) mass is 340 g/mol. The first-order valence-electron chi connectivity index (χ1n) is 8.65. The Hall–Kier alpha value is -2.30. The maximum absolute atomic E-state index is 12.1. The van der Waals surface area contributed by atoms with Crippen LogP contribution >= 0.6 is 0 Å². The second-order valence-corrected chi connectivity index (χ2v) is 9.05. The molecular weight excluding hydrogens is 318 g/mol. The van der Waals surface area contributed by atoms with Crippen molar-refractivity contribution in [1.82, 2.24) is 0 Å². The molecule has 4 rings (SSSR count). The van der Waals surface area contributed by atoms with Crippen molar-refractivity contribution in [1.29, 1.82) is 0 Å². The highest BCUT2D eigenvalue weighted by molar-refractivity contribution is 5.94. The number of benzene rings is 1. The molecule has 2 aliphatic heterocycles. The number of hydrogen-bond donors (Lipinski definition) is 0. The number of carboxylic acid groups (broad SMARTS) is 1. The van der Waals surface area contributed by atoms with Crippen molar-refractivity contribution >= 4 is 22.6 Å². The lowest BCUT2D eigenvalue weighted by atomic mass is 9.73. The van der Waals surface area contributed by atoms with Gasteiger partial charge in [-0.25, -0.2) is 4.79 Å². The summed E-state index contributed by atoms with van der Waals surface area (Å²) in [5, 5.41) is 11.9. The number of aromatic carboxylic acids is 1. The van der Waals surface area contributed by atoms with Crippen LogP contribution in [-0.4, -0.2) is 19.1 Å². The Kier molecular flexibility index (Phi) is 3.15. The normalized spacial score (nSPS) is 20.4. The van der Waals surface area contributed by atoms with E-state index in [9.17, 15) is 14.7 Å². The predicted octanol–water partition coefficient (Wildman–Crippen LogP) is 2.13. The quantitative estimate of drug-likeness (QED) is 0.744. The molecule has 2 aromatic rings. The molecular formula is C20H22NO4-. The fourth-order valence-electron chi connectivity index (χ4n) is 4.58. The van der Waals surface area contributed by atoms with E-state index in [0.29, 0.717) is 11.0 Å². The highest BCUT2D eigenvalue weighted by Gasteiger charge is 2.40. The maximum Gasteiger partial charge on any atom is 0.345 e. The Morgan fingerprint density at radius 1 is 1.12 bits per heavy atom. The van der Waals surface area contributed by atoms with Gasteiger partial charge in [0.2, 0.25) is 0 Å². The van der Waals surface area contributed by atoms with Gasteiger partial charge in [0.15, 0.2) is 0 Å². The summed E-state index contributed by atoms with van der Waals surface area (Å²) in [6.07, 6.45) is 1.72. The lowest BCUT2D eigenvalue weighted by molar-refractivity contribution is -0.255. The number of fused-ring (bicyclic) bond motifs is 2. The van der Waals surface area contributed by atoms with Crippen molar-refractivity contribution in [3.05, 3.63) is 39.2 Å². The first-order chi connectivity index (χ1) is 11.6. The SMILES string of the molecule is CC1(C)Cc2cc3cc(C(=O)[O-])c(=O)oc3c3c2N(C1)CC(C)(C)C3. The number of nitrogens with zero attached hydrogens (tertiary/aromatic N) is 1. The third-order valence-electron chi connectivity index (χ3n) is 5.27. The molecule has 0 amide bonds. The number of hydrogen-bond acceptors (Lipinski definition) is 5. The minimum atomic E-state index is -1.50. The van der Waals surface area contributed by atoms with Crippen LogP contribution in [0.5, 0.6) is 0 Å². The third kappa shape index (κ3) is 2.53. The molecule has 0 bridgehead atoms. The van der Waals surface area contributed by atoms with Gasteiger partial charge in [-0.15, -0.1) is 0 Å². The number of carbonyl (C=O) groups is 1. The molecule has 0 fully saturated rings. The average molecular weight is 340 g/mol. The Morgan fingerprint density at radius 2 is 1.76 bits per heavy atom. The van der Waals surface area contributed by atoms with Crippen LogP contribution in [0.2, 0.25) is 0 Å². The van der Waals surface area contributed by atoms with Crippen LogP contribution in [0.4, 0.5) is 5.69 Å². The van der Waals surface area contributed by atoms with Gasteiger partial charge < -0.3 is 19.2 Å². The molecule has 0 saturated carbocycles. The first kappa shape index (κ1) is 16.2. The largest absolute Gasteiger partial charge is 0.545 e. The molecule has 0 saturated heterocycles. The molecule has 0 unspecified atom stereocenters. The Labute approximate surface area is 146 Å². The zero-order valence-electron chi connectivity index (χ0n) is 15.1. The van der Waals surface area contributed by atoms with E-state index in [2.05, 4.69) is 32.6 Å². The maximum atomic E-state index is 12.1. The van der Waals surface area contributed by atoms with Crippen LogP contribution in [-0.2, 0) is 12.8 Å². The van der Waals surface area contributed by atoms with E-state index in [-0.39, 0.29) is 10.8 Å². The third-order valence-corrected chi connectivity index (χ3v) is 5.27. The van der Waals surface area contributed by atoms with Crippen molar-refractivity contribution in [3.63, 3.8) is 0 Å². The molecule has 0 spiro atoms. The summed E-state index contributed by atoms with van der Waals surface area (Å²) in [7, 11) is 0. The van der Waals surface area contributed by atoms with Crippen LogP contribution in [0.25, 0.3) is 11.0 Å². The highest BCUT2D eigenvalue weighted by atomic mass is 16.4. The fourth-order valence-corrected chi connectivity index (χ4v) is 4.58. The minimum absolute atomic E-state index is 0.0531. The van der Waals surface area contributed by atoms with Gasteiger partial charge in [0.25, 0.3) is 0 Å². The second kappa shape index (κ2) is 4.87. The molecule has 0 atom stereocenters. The van der Waals surface area contributed by atoms with Gasteiger partial charge in [-0.1, -0.05) is 27.7 Å². The summed E-state index contributed by atoms with van der Waals surface area (Å²) in [4.78, 5) is 25.7. The summed E-state index contributed by atoms with van der Waals surface area (Å²) in [5.74, 6) is -1.50. The molecule has 132 valence electrons. The van der Waals surface area contributed by atoms with E-state index < -0.39 is 17.2 Å². The van der Waals surface area contributed by atoms with Gasteiger partial charge in [-0.2, -0.15) is 0 Å². The Morgan fingerprint density at radius 3 is 2.40 bits per heavy atom. The van der Waals surface area contributed by atoms with E-state index in [1.54, 1.807) is 0 Å². The fraction of sp³-hybridized carbons (Fsp3) is 0.500. The molecule has 1 aromatic heterocycles. The molecule has 5 heteroatoms. The van der Waals surface area contributed by atoms with Gasteiger partial charge in [0, 0.05) is 29.7 Å². The van der Waals surface area contributed by atoms with Crippen molar-refractivity contribution < 1.29 is 14.3 Å². The lowest BCUT2D eigenvalue weighted by Gasteiger charge is -2.48.